The summed E-state index contributed by atoms with van der Waals surface area (Å²) in [6, 6.07) is 0. The molecule has 1 aliphatic heterocycles. The molecule has 0 spiro atoms. The summed E-state index contributed by atoms with van der Waals surface area (Å²) in [5.74, 6) is 0.847. The van der Waals surface area contributed by atoms with E-state index >= 15 is 0 Å². The first-order valence-corrected chi connectivity index (χ1v) is 6.20. The Balaban J connectivity index is 0.00000112. The number of amidine groups is 1. The van der Waals surface area contributed by atoms with E-state index in [9.17, 15) is 0 Å². The van der Waals surface area contributed by atoms with Gasteiger partial charge in [-0.1, -0.05) is 0 Å². The van der Waals surface area contributed by atoms with Crippen molar-refractivity contribution >= 4 is 84.7 Å². The third-order valence-corrected chi connectivity index (χ3v) is 3.85. The van der Waals surface area contributed by atoms with Gasteiger partial charge in [0.15, 0.2) is 0 Å². The van der Waals surface area contributed by atoms with Gasteiger partial charge in [-0.15, -0.1) is 0 Å². The van der Waals surface area contributed by atoms with E-state index in [-0.39, 0.29) is 38.8 Å². The molecule has 1 atom stereocenters. The Labute approximate surface area is 133 Å². The quantitative estimate of drug-likeness (QED) is 0.571. The fourth-order valence-electron chi connectivity index (χ4n) is 1.49. The van der Waals surface area contributed by atoms with Crippen LogP contribution in [0.3, 0.4) is 0 Å². The van der Waals surface area contributed by atoms with Crippen LogP contribution >= 0.6 is 11.6 Å². The Hall–Kier alpha value is 1.15. The molecule has 73 valence electrons. The maximum absolute atomic E-state index is 6.08. The first-order chi connectivity index (χ1) is 6.50. The first-order valence-electron chi connectivity index (χ1n) is 4.11. The molecule has 0 saturated heterocycles. The van der Waals surface area contributed by atoms with Crippen LogP contribution in [0.15, 0.2) is 33.2 Å². The molecule has 6 heteroatoms. The van der Waals surface area contributed by atoms with Crippen molar-refractivity contribution < 1.29 is 0 Å². The fourth-order valence-corrected chi connectivity index (χ4v) is 3.07. The van der Waals surface area contributed by atoms with Gasteiger partial charge < -0.3 is 0 Å². The molecule has 1 aliphatic carbocycles. The van der Waals surface area contributed by atoms with Crippen molar-refractivity contribution in [1.29, 1.82) is 0 Å². The molecule has 3 radical (unpaired) electrons. The molecule has 2 aliphatic rings. The molecular formula is C9H7ClN2NaSe2. The van der Waals surface area contributed by atoms with Crippen LogP contribution < -0.4 is 0 Å². The van der Waals surface area contributed by atoms with Crippen molar-refractivity contribution in [2.45, 2.75) is 10.3 Å². The van der Waals surface area contributed by atoms with Gasteiger partial charge in [-0.25, -0.2) is 0 Å². The molecule has 2 rings (SSSR count). The molecule has 15 heavy (non-hydrogen) atoms. The van der Waals surface area contributed by atoms with Gasteiger partial charge in [-0.2, -0.15) is 0 Å². The van der Waals surface area contributed by atoms with Gasteiger partial charge in [-0.3, -0.25) is 0 Å². The number of allylic oxidation sites excluding steroid dienone is 3. The standard InChI is InChI=1S/C9H7ClN2Se2.Na/c1-5-11-8-6(9(13,14)12-5)3-2-4-7(8)10;/h2-4,6H,1H3;. The van der Waals surface area contributed by atoms with E-state index in [1.807, 2.05) is 25.2 Å². The van der Waals surface area contributed by atoms with Crippen molar-refractivity contribution in [2.24, 2.45) is 15.9 Å². The molecule has 1 heterocycles. The van der Waals surface area contributed by atoms with Gasteiger partial charge in [-0.05, 0) is 0 Å². The molecule has 0 saturated carbocycles. The largest absolute Gasteiger partial charge is 0 e. The Morgan fingerprint density at radius 1 is 1.47 bits per heavy atom. The Bertz CT molecular complexity index is 399. The summed E-state index contributed by atoms with van der Waals surface area (Å²) < 4.78 is -0.383. The summed E-state index contributed by atoms with van der Waals surface area (Å²) >= 11 is 12.2. The number of rotatable bonds is 0. The monoisotopic (exact) mass is 361 g/mol. The number of halogens is 1. The average Bonchev–Trinajstić information content (AvgIpc) is 2.05. The van der Waals surface area contributed by atoms with Crippen LogP contribution in [0.1, 0.15) is 6.92 Å². The maximum Gasteiger partial charge on any atom is 0 e. The second kappa shape index (κ2) is 5.20. The van der Waals surface area contributed by atoms with E-state index in [2.05, 4.69) is 42.0 Å². The van der Waals surface area contributed by atoms with E-state index in [4.69, 9.17) is 11.6 Å². The summed E-state index contributed by atoms with van der Waals surface area (Å²) in [6.07, 6.45) is 5.84. The zero-order valence-electron chi connectivity index (χ0n) is 8.40. The third kappa shape index (κ3) is 2.88. The van der Waals surface area contributed by atoms with Crippen molar-refractivity contribution in [3.63, 3.8) is 0 Å². The minimum atomic E-state index is -0.383. The molecule has 0 aromatic rings. The first kappa shape index (κ1) is 14.2. The minimum absolute atomic E-state index is 0. The van der Waals surface area contributed by atoms with Crippen LogP contribution in [0.2, 0.25) is 0 Å². The zero-order chi connectivity index (χ0) is 10.3. The number of hydrogen-bond donors (Lipinski definition) is 0. The smallest absolute Gasteiger partial charge is 0 e. The molecule has 2 nitrogen and oxygen atoms in total. The normalized spacial score (nSPS) is 26.9. The average molecular weight is 360 g/mol. The molecule has 0 aromatic heterocycles. The van der Waals surface area contributed by atoms with Gasteiger partial charge in [0, 0.05) is 29.6 Å². The van der Waals surface area contributed by atoms with Crippen LogP contribution in [-0.2, 0) is 0 Å². The molecule has 0 fully saturated rings. The number of hydrogen-bond acceptors (Lipinski definition) is 2. The van der Waals surface area contributed by atoms with E-state index in [1.54, 1.807) is 0 Å². The summed E-state index contributed by atoms with van der Waals surface area (Å²) in [6.45, 7) is 1.87. The van der Waals surface area contributed by atoms with Gasteiger partial charge in [0.25, 0.3) is 0 Å². The summed E-state index contributed by atoms with van der Waals surface area (Å²) in [7, 11) is 0. The van der Waals surface area contributed by atoms with E-state index < -0.39 is 0 Å². The second-order valence-electron chi connectivity index (χ2n) is 3.16. The van der Waals surface area contributed by atoms with Crippen molar-refractivity contribution in [1.82, 2.24) is 0 Å². The molecule has 0 bridgehead atoms. The fraction of sp³-hybridized carbons (Fsp3) is 0.333. The molecular weight excluding hydrogens is 352 g/mol. The number of nitrogens with zero attached hydrogens (tertiary/aromatic N) is 2. The van der Waals surface area contributed by atoms with E-state index in [0.717, 1.165) is 11.5 Å². The van der Waals surface area contributed by atoms with Crippen LogP contribution in [0.25, 0.3) is 0 Å². The Morgan fingerprint density at radius 3 is 2.80 bits per heavy atom. The van der Waals surface area contributed by atoms with E-state index in [1.165, 1.54) is 0 Å². The van der Waals surface area contributed by atoms with Crippen LogP contribution in [0.5, 0.6) is 0 Å². The molecule has 1 unspecified atom stereocenters. The van der Waals surface area contributed by atoms with Gasteiger partial charge in [0.2, 0.25) is 0 Å². The topological polar surface area (TPSA) is 24.7 Å². The molecule has 0 N–H and O–H groups in total. The summed E-state index contributed by atoms with van der Waals surface area (Å²) in [5, 5.41) is 0.696. The minimum Gasteiger partial charge on any atom is 0 e. The van der Waals surface area contributed by atoms with Crippen molar-refractivity contribution in [3.05, 3.63) is 23.3 Å². The van der Waals surface area contributed by atoms with Crippen molar-refractivity contribution in [2.75, 3.05) is 0 Å². The third-order valence-electron chi connectivity index (χ3n) is 2.08. The van der Waals surface area contributed by atoms with Crippen LogP contribution in [0.4, 0.5) is 0 Å². The van der Waals surface area contributed by atoms with Gasteiger partial charge in [0.05, 0.1) is 0 Å². The Kier molecular flexibility index (Phi) is 4.93. The van der Waals surface area contributed by atoms with E-state index in [0.29, 0.717) is 5.03 Å². The van der Waals surface area contributed by atoms with Crippen LogP contribution in [-0.4, -0.2) is 76.5 Å². The van der Waals surface area contributed by atoms with Crippen LogP contribution in [0, 0.1) is 5.92 Å². The predicted molar refractivity (Wildman–Crippen MR) is 67.1 cm³/mol. The summed E-state index contributed by atoms with van der Waals surface area (Å²) in [4.78, 5) is 8.77. The number of aliphatic imine (C=N–C) groups is 2. The molecule has 0 aromatic carbocycles. The maximum atomic E-state index is 6.08. The number of fused-ring (bicyclic) bond motifs is 1. The second-order valence-corrected chi connectivity index (χ2v) is 7.49. The SMILES string of the molecule is CC1=NC([Se])([Se])C2C=CC=C(Cl)C2=N1.[Na]. The molecule has 0 amide bonds. The predicted octanol–water partition coefficient (Wildman–Crippen LogP) is 0.778. The summed E-state index contributed by atoms with van der Waals surface area (Å²) in [5.41, 5.74) is 0.888. The van der Waals surface area contributed by atoms with Gasteiger partial charge in [0.1, 0.15) is 0 Å². The van der Waals surface area contributed by atoms with Gasteiger partial charge >= 0.3 is 105 Å². The van der Waals surface area contributed by atoms with Crippen molar-refractivity contribution in [3.8, 4) is 0 Å². The zero-order valence-corrected chi connectivity index (χ0v) is 14.6. The Morgan fingerprint density at radius 2 is 2.13 bits per heavy atom.